The molecule has 31 heavy (non-hydrogen) atoms. The molecule has 8 heteroatoms. The zero-order chi connectivity index (χ0) is 22.2. The molecule has 2 aliphatic heterocycles. The Bertz CT molecular complexity index is 1140. The third kappa shape index (κ3) is 4.65. The number of carbonyl (C=O) groups excluding carboxylic acids is 1. The van der Waals surface area contributed by atoms with Gasteiger partial charge in [0.05, 0.1) is 29.3 Å². The zero-order valence-corrected chi connectivity index (χ0v) is 19.6. The number of rotatable bonds is 5. The molecule has 1 fully saturated rings. The summed E-state index contributed by atoms with van der Waals surface area (Å²) in [6, 6.07) is 13.4. The number of amides is 1. The average molecular weight is 458 g/mol. The Morgan fingerprint density at radius 1 is 1.16 bits per heavy atom. The number of nitrogens with zero attached hydrogens (tertiary/aromatic N) is 2. The van der Waals surface area contributed by atoms with Gasteiger partial charge in [-0.3, -0.25) is 9.79 Å². The maximum atomic E-state index is 12.6. The number of carbonyl (C=O) groups is 1. The summed E-state index contributed by atoms with van der Waals surface area (Å²) in [6.07, 6.45) is 0.842. The number of hydrogen-bond acceptors (Lipinski definition) is 6. The smallest absolute Gasteiger partial charge is 0.234 e. The molecule has 1 amide bonds. The minimum absolute atomic E-state index is 0.0686. The van der Waals surface area contributed by atoms with Gasteiger partial charge in [0, 0.05) is 11.4 Å². The van der Waals surface area contributed by atoms with Crippen molar-refractivity contribution < 1.29 is 13.2 Å². The van der Waals surface area contributed by atoms with E-state index in [1.807, 2.05) is 55.1 Å². The van der Waals surface area contributed by atoms with Crippen molar-refractivity contribution >= 4 is 44.0 Å². The quantitative estimate of drug-likeness (QED) is 0.743. The second-order valence-electron chi connectivity index (χ2n) is 8.11. The summed E-state index contributed by atoms with van der Waals surface area (Å²) in [4.78, 5) is 19.4. The molecule has 0 saturated carbocycles. The molecular weight excluding hydrogens is 430 g/mol. The van der Waals surface area contributed by atoms with E-state index in [1.165, 1.54) is 17.3 Å². The van der Waals surface area contributed by atoms with Gasteiger partial charge in [0.25, 0.3) is 0 Å². The number of hydrogen-bond donors (Lipinski definition) is 1. The van der Waals surface area contributed by atoms with Crippen LogP contribution in [0.1, 0.15) is 23.6 Å². The Morgan fingerprint density at radius 2 is 1.94 bits per heavy atom. The van der Waals surface area contributed by atoms with Crippen LogP contribution < -0.4 is 10.2 Å². The van der Waals surface area contributed by atoms with E-state index in [0.717, 1.165) is 28.9 Å². The lowest BCUT2D eigenvalue weighted by Crippen LogP contribution is -2.39. The third-order valence-corrected chi connectivity index (χ3v) is 8.55. The zero-order valence-electron chi connectivity index (χ0n) is 18.0. The van der Waals surface area contributed by atoms with Gasteiger partial charge in [-0.25, -0.2) is 8.42 Å². The Morgan fingerprint density at radius 3 is 2.68 bits per heavy atom. The number of amidine groups is 1. The number of aliphatic imine (C=N–C) groups is 1. The van der Waals surface area contributed by atoms with Crippen molar-refractivity contribution in [1.29, 1.82) is 0 Å². The van der Waals surface area contributed by atoms with Gasteiger partial charge in [-0.15, -0.1) is 0 Å². The molecule has 0 bridgehead atoms. The monoisotopic (exact) mass is 457 g/mol. The molecule has 6 nitrogen and oxygen atoms in total. The number of sulfone groups is 1. The Kier molecular flexibility index (Phi) is 6.12. The molecule has 2 aliphatic rings. The summed E-state index contributed by atoms with van der Waals surface area (Å²) in [5, 5.41) is 3.71. The van der Waals surface area contributed by atoms with E-state index in [1.54, 1.807) is 0 Å². The number of thioether (sulfide) groups is 1. The van der Waals surface area contributed by atoms with Gasteiger partial charge in [0.1, 0.15) is 0 Å². The predicted octanol–water partition coefficient (Wildman–Crippen LogP) is 3.58. The van der Waals surface area contributed by atoms with Gasteiger partial charge in [-0.05, 0) is 55.2 Å². The van der Waals surface area contributed by atoms with Crippen LogP contribution in [0.15, 0.2) is 47.5 Å². The molecule has 4 rings (SSSR count). The van der Waals surface area contributed by atoms with E-state index < -0.39 is 9.84 Å². The van der Waals surface area contributed by atoms with Crippen molar-refractivity contribution in [3.63, 3.8) is 0 Å². The van der Waals surface area contributed by atoms with Crippen LogP contribution in [-0.4, -0.2) is 48.8 Å². The molecule has 0 aliphatic carbocycles. The van der Waals surface area contributed by atoms with Gasteiger partial charge in [0.2, 0.25) is 5.91 Å². The number of anilines is 2. The van der Waals surface area contributed by atoms with E-state index in [2.05, 4.69) is 18.3 Å². The molecule has 164 valence electrons. The fraction of sp³-hybridized carbons (Fsp3) is 0.391. The number of para-hydroxylation sites is 1. The van der Waals surface area contributed by atoms with E-state index in [-0.39, 0.29) is 35.2 Å². The maximum absolute atomic E-state index is 12.6. The summed E-state index contributed by atoms with van der Waals surface area (Å²) in [5.74, 6) is 0.274. The first kappa shape index (κ1) is 21.9. The highest BCUT2D eigenvalue weighted by atomic mass is 32.2. The van der Waals surface area contributed by atoms with Crippen molar-refractivity contribution in [1.82, 2.24) is 0 Å². The van der Waals surface area contributed by atoms with Crippen molar-refractivity contribution in [3.8, 4) is 0 Å². The van der Waals surface area contributed by atoms with Crippen molar-refractivity contribution in [3.05, 3.63) is 59.2 Å². The molecule has 0 radical (unpaired) electrons. The maximum Gasteiger partial charge on any atom is 0.234 e. The summed E-state index contributed by atoms with van der Waals surface area (Å²) in [5.41, 5.74) is 5.17. The lowest BCUT2D eigenvalue weighted by atomic mass is 10.1. The second-order valence-corrected chi connectivity index (χ2v) is 11.2. The topological polar surface area (TPSA) is 78.8 Å². The van der Waals surface area contributed by atoms with Gasteiger partial charge in [-0.1, -0.05) is 43.0 Å². The van der Waals surface area contributed by atoms with Gasteiger partial charge in [0.15, 0.2) is 15.0 Å². The van der Waals surface area contributed by atoms with Crippen LogP contribution in [-0.2, 0) is 21.1 Å². The Balaban J connectivity index is 1.52. The lowest BCUT2D eigenvalue weighted by Gasteiger charge is -2.27. The standard InChI is InChI=1S/C23H27N3O3S2/c1-4-17-7-5-6-8-19(17)24-22(27)12-30-23-25-20-13-31(28,29)14-21(20)26(23)18-10-9-15(2)16(3)11-18/h5-11,20-21H,4,12-14H2,1-3H3,(H,24,27)/t20-,21+/m0/s1. The Hall–Kier alpha value is -2.32. The SMILES string of the molecule is CCc1ccccc1NC(=O)CSC1=N[C@H]2CS(=O)(=O)C[C@H]2N1c1ccc(C)c(C)c1. The number of nitrogens with one attached hydrogen (secondary N) is 1. The molecule has 2 aromatic rings. The van der Waals surface area contributed by atoms with E-state index in [4.69, 9.17) is 4.99 Å². The second kappa shape index (κ2) is 8.67. The van der Waals surface area contributed by atoms with Gasteiger partial charge in [-0.2, -0.15) is 0 Å². The number of benzene rings is 2. The molecule has 0 aromatic heterocycles. The van der Waals surface area contributed by atoms with E-state index >= 15 is 0 Å². The van der Waals surface area contributed by atoms with Crippen LogP contribution in [0.2, 0.25) is 0 Å². The molecule has 1 N–H and O–H groups in total. The summed E-state index contributed by atoms with van der Waals surface area (Å²) < 4.78 is 24.4. The van der Waals surface area contributed by atoms with Crippen molar-refractivity contribution in [2.75, 3.05) is 27.5 Å². The van der Waals surface area contributed by atoms with Crippen LogP contribution in [0.25, 0.3) is 0 Å². The first-order chi connectivity index (χ1) is 14.8. The number of fused-ring (bicyclic) bond motifs is 1. The van der Waals surface area contributed by atoms with Crippen LogP contribution in [0.5, 0.6) is 0 Å². The van der Waals surface area contributed by atoms with Crippen LogP contribution >= 0.6 is 11.8 Å². The van der Waals surface area contributed by atoms with Crippen molar-refractivity contribution in [2.45, 2.75) is 39.3 Å². The molecule has 0 spiro atoms. The summed E-state index contributed by atoms with van der Waals surface area (Å²) >= 11 is 1.36. The highest BCUT2D eigenvalue weighted by Gasteiger charge is 2.47. The largest absolute Gasteiger partial charge is 0.325 e. The minimum Gasteiger partial charge on any atom is -0.325 e. The van der Waals surface area contributed by atoms with Crippen LogP contribution in [0.3, 0.4) is 0 Å². The van der Waals surface area contributed by atoms with Crippen LogP contribution in [0.4, 0.5) is 11.4 Å². The lowest BCUT2D eigenvalue weighted by molar-refractivity contribution is -0.113. The first-order valence-electron chi connectivity index (χ1n) is 10.4. The fourth-order valence-corrected chi connectivity index (χ4v) is 6.84. The van der Waals surface area contributed by atoms with Gasteiger partial charge < -0.3 is 10.2 Å². The molecule has 0 unspecified atom stereocenters. The van der Waals surface area contributed by atoms with Crippen LogP contribution in [0, 0.1) is 13.8 Å². The fourth-order valence-electron chi connectivity index (χ4n) is 4.08. The molecule has 2 heterocycles. The normalized spacial score (nSPS) is 21.6. The van der Waals surface area contributed by atoms with E-state index in [0.29, 0.717) is 5.17 Å². The summed E-state index contributed by atoms with van der Waals surface area (Å²) in [6.45, 7) is 6.15. The average Bonchev–Trinajstić information content (AvgIpc) is 3.20. The molecule has 2 aromatic carbocycles. The minimum atomic E-state index is -3.11. The highest BCUT2D eigenvalue weighted by Crippen LogP contribution is 2.35. The first-order valence-corrected chi connectivity index (χ1v) is 13.2. The molecule has 2 atom stereocenters. The third-order valence-electron chi connectivity index (χ3n) is 5.88. The Labute approximate surface area is 188 Å². The highest BCUT2D eigenvalue weighted by molar-refractivity contribution is 8.14. The van der Waals surface area contributed by atoms with E-state index in [9.17, 15) is 13.2 Å². The molecular formula is C23H27N3O3S2. The number of aryl methyl sites for hydroxylation is 3. The molecule has 1 saturated heterocycles. The predicted molar refractivity (Wildman–Crippen MR) is 129 cm³/mol. The van der Waals surface area contributed by atoms with Crippen molar-refractivity contribution in [2.24, 2.45) is 4.99 Å². The van der Waals surface area contributed by atoms with Gasteiger partial charge >= 0.3 is 0 Å². The summed E-state index contributed by atoms with van der Waals surface area (Å²) in [7, 11) is -3.11.